The zero-order valence-electron chi connectivity index (χ0n) is 17.6. The summed E-state index contributed by atoms with van der Waals surface area (Å²) in [5, 5.41) is 55.7. The first-order valence-corrected chi connectivity index (χ1v) is 13.8. The van der Waals surface area contributed by atoms with Gasteiger partial charge >= 0.3 is 81.5 Å². The van der Waals surface area contributed by atoms with Crippen LogP contribution in [0.2, 0.25) is 8.87 Å². The Hall–Kier alpha value is -2.62. The standard InChI is InChI=1S/2C7H6O4.2C4H9.Sn/c2*8-4-1-2-5(7(10)11)6(9)3-4;2*1-3-4-2;/h2*1-3,8-9H,(H,10,11);2*1,3-4H2,2H3;/q;;;;+2/p-2. The number of rotatable bonds is 8. The molecule has 0 amide bonds. The van der Waals surface area contributed by atoms with Gasteiger partial charge in [-0.05, 0) is 36.4 Å². The molecule has 0 heterocycles. The summed E-state index contributed by atoms with van der Waals surface area (Å²) in [6.45, 7) is 4.58. The summed E-state index contributed by atoms with van der Waals surface area (Å²) < 4.78 is 3.25. The van der Waals surface area contributed by atoms with Crippen molar-refractivity contribution in [1.29, 1.82) is 0 Å². The van der Waals surface area contributed by atoms with Crippen molar-refractivity contribution in [2.75, 3.05) is 0 Å². The zero-order valence-corrected chi connectivity index (χ0v) is 20.5. The number of phenolic OH excluding ortho intramolecular Hbond substituents is 2. The minimum Gasteiger partial charge on any atom is -0.872 e. The van der Waals surface area contributed by atoms with E-state index in [9.17, 15) is 19.8 Å². The van der Waals surface area contributed by atoms with Crippen LogP contribution >= 0.6 is 0 Å². The van der Waals surface area contributed by atoms with Gasteiger partial charge in [-0.2, -0.15) is 0 Å². The van der Waals surface area contributed by atoms with E-state index in [1.54, 1.807) is 8.87 Å². The normalized spacial score (nSPS) is 9.35. The Bertz CT molecular complexity index is 756. The first-order valence-electron chi connectivity index (χ1n) is 9.81. The molecule has 0 fully saturated rings. The van der Waals surface area contributed by atoms with Crippen LogP contribution in [-0.4, -0.2) is 53.5 Å². The largest absolute Gasteiger partial charge is 0.872 e. The van der Waals surface area contributed by atoms with Crippen LogP contribution in [-0.2, 0) is 0 Å². The van der Waals surface area contributed by atoms with Gasteiger partial charge in [-0.3, -0.25) is 0 Å². The summed E-state index contributed by atoms with van der Waals surface area (Å²) in [7, 11) is 0. The predicted octanol–water partition coefficient (Wildman–Crippen LogP) is 3.46. The van der Waals surface area contributed by atoms with E-state index >= 15 is 0 Å². The van der Waals surface area contributed by atoms with Crippen molar-refractivity contribution in [3.8, 4) is 23.0 Å². The van der Waals surface area contributed by atoms with Crippen LogP contribution in [0.15, 0.2) is 36.4 Å². The van der Waals surface area contributed by atoms with Crippen LogP contribution < -0.4 is 10.2 Å². The number of phenols is 2. The van der Waals surface area contributed by atoms with Crippen molar-refractivity contribution in [2.24, 2.45) is 0 Å². The monoisotopic (exact) mass is 540 g/mol. The third-order valence-corrected chi connectivity index (χ3v) is 7.84. The average Bonchev–Trinajstić information content (AvgIpc) is 2.68. The maximum Gasteiger partial charge on any atom is 0.335 e. The maximum atomic E-state index is 10.7. The van der Waals surface area contributed by atoms with E-state index < -0.39 is 23.4 Å². The summed E-state index contributed by atoms with van der Waals surface area (Å²) in [6.07, 6.45) is 5.84. The minimum absolute atomic E-state index is 0.149. The second-order valence-electron chi connectivity index (χ2n) is 6.43. The second-order valence-corrected chi connectivity index (χ2v) is 10.7. The number of carboxylic acid groups (broad SMARTS) is 2. The van der Waals surface area contributed by atoms with Gasteiger partial charge in [0.25, 0.3) is 0 Å². The molecule has 2 aromatic rings. The first-order chi connectivity index (χ1) is 14.6. The Morgan fingerprint density at radius 2 is 1.13 bits per heavy atom. The van der Waals surface area contributed by atoms with Gasteiger partial charge in [0.1, 0.15) is 11.5 Å². The molecule has 0 aliphatic heterocycles. The van der Waals surface area contributed by atoms with Gasteiger partial charge in [0, 0.05) is 0 Å². The third kappa shape index (κ3) is 12.6. The fourth-order valence-electron chi connectivity index (χ4n) is 2.10. The van der Waals surface area contributed by atoms with Gasteiger partial charge in [-0.15, -0.1) is 0 Å². The van der Waals surface area contributed by atoms with Crippen LogP contribution in [0.5, 0.6) is 23.0 Å². The molecule has 2 rings (SSSR count). The molecule has 0 atom stereocenters. The van der Waals surface area contributed by atoms with Gasteiger partial charge in [-0.25, -0.2) is 9.59 Å². The van der Waals surface area contributed by atoms with E-state index in [-0.39, 0.29) is 43.8 Å². The van der Waals surface area contributed by atoms with Gasteiger partial charge in [0.05, 0.1) is 11.1 Å². The Kier molecular flexibility index (Phi) is 14.8. The van der Waals surface area contributed by atoms with E-state index in [0.29, 0.717) is 0 Å². The average molecular weight is 539 g/mol. The molecule has 0 unspecified atom stereocenters. The van der Waals surface area contributed by atoms with E-state index in [2.05, 4.69) is 13.8 Å². The molecular weight excluding hydrogens is 511 g/mol. The number of benzene rings is 2. The van der Waals surface area contributed by atoms with Crippen LogP contribution in [0.3, 0.4) is 0 Å². The van der Waals surface area contributed by atoms with Gasteiger partial charge in [0.15, 0.2) is 0 Å². The smallest absolute Gasteiger partial charge is 0.335 e. The molecule has 0 aliphatic carbocycles. The third-order valence-electron chi connectivity index (χ3n) is 3.81. The number of aromatic hydroxyl groups is 2. The minimum atomic E-state index is -1.28. The van der Waals surface area contributed by atoms with Crippen LogP contribution in [0.25, 0.3) is 0 Å². The summed E-state index contributed by atoms with van der Waals surface area (Å²) in [5.41, 5.74) is -0.661. The Labute approximate surface area is 192 Å². The number of hydrogen-bond donors (Lipinski definition) is 4. The molecule has 0 radical (unpaired) electrons. The van der Waals surface area contributed by atoms with Crippen molar-refractivity contribution >= 4 is 33.1 Å². The molecule has 168 valence electrons. The van der Waals surface area contributed by atoms with Crippen LogP contribution in [0, 0.1) is 0 Å². The van der Waals surface area contributed by atoms with E-state index in [1.165, 1.54) is 25.7 Å². The number of hydrogen-bond acceptors (Lipinski definition) is 6. The molecule has 0 saturated carbocycles. The fraction of sp³-hybridized carbons (Fsp3) is 0.364. The summed E-state index contributed by atoms with van der Waals surface area (Å²) in [6, 6.07) is 6.18. The van der Waals surface area contributed by atoms with Crippen molar-refractivity contribution in [1.82, 2.24) is 0 Å². The predicted molar refractivity (Wildman–Crippen MR) is 114 cm³/mol. The Morgan fingerprint density at radius 1 is 0.774 bits per heavy atom. The quantitative estimate of drug-likeness (QED) is 0.293. The fourth-order valence-corrected chi connectivity index (χ4v) is 6.26. The molecule has 0 aliphatic rings. The summed E-state index contributed by atoms with van der Waals surface area (Å²) in [5.74, 6) is -4.37. The topological polar surface area (TPSA) is 161 Å². The molecule has 0 spiro atoms. The second kappa shape index (κ2) is 16.1. The van der Waals surface area contributed by atoms with E-state index in [1.807, 2.05) is 0 Å². The summed E-state index contributed by atoms with van der Waals surface area (Å²) >= 11 is 0.149. The summed E-state index contributed by atoms with van der Waals surface area (Å²) in [4.78, 5) is 20.5. The Morgan fingerprint density at radius 3 is 1.39 bits per heavy atom. The molecule has 31 heavy (non-hydrogen) atoms. The molecule has 0 aromatic heterocycles. The number of unbranched alkanes of at least 4 members (excludes halogenated alkanes) is 2. The molecule has 9 heteroatoms. The maximum absolute atomic E-state index is 10.7. The van der Waals surface area contributed by atoms with Gasteiger partial charge < -0.3 is 30.6 Å². The number of carboxylic acids is 2. The van der Waals surface area contributed by atoms with Crippen LogP contribution in [0.1, 0.15) is 60.2 Å². The SMILES string of the molecule is CCC[CH2][Sn+2][CH2]CCC.O=C(O)c1ccc(O)cc1[O-].O=C(O)c1ccc(O)cc1[O-]. The van der Waals surface area contributed by atoms with Crippen molar-refractivity contribution in [2.45, 2.75) is 48.4 Å². The van der Waals surface area contributed by atoms with E-state index in [0.717, 1.165) is 36.4 Å². The zero-order chi connectivity index (χ0) is 23.8. The van der Waals surface area contributed by atoms with Crippen molar-refractivity contribution < 1.29 is 40.2 Å². The van der Waals surface area contributed by atoms with Crippen LogP contribution in [0.4, 0.5) is 0 Å². The van der Waals surface area contributed by atoms with E-state index in [4.69, 9.17) is 20.4 Å². The molecule has 2 aromatic carbocycles. The van der Waals surface area contributed by atoms with Crippen molar-refractivity contribution in [3.05, 3.63) is 47.5 Å². The number of aromatic carboxylic acids is 2. The van der Waals surface area contributed by atoms with Crippen molar-refractivity contribution in [3.63, 3.8) is 0 Å². The molecular formula is C22H28O8Sn. The molecule has 0 saturated heterocycles. The first kappa shape index (κ1) is 28.4. The molecule has 0 bridgehead atoms. The Balaban J connectivity index is 0.000000439. The van der Waals surface area contributed by atoms with Gasteiger partial charge in [0.2, 0.25) is 0 Å². The molecule has 8 nitrogen and oxygen atoms in total. The molecule has 4 N–H and O–H groups in total. The number of carbonyl (C=O) groups is 2. The van der Waals surface area contributed by atoms with Gasteiger partial charge in [-0.1, -0.05) is 11.5 Å².